The van der Waals surface area contributed by atoms with E-state index in [-0.39, 0.29) is 24.4 Å². The van der Waals surface area contributed by atoms with Crippen LogP contribution in [0.3, 0.4) is 0 Å². The number of hydrogen-bond donors (Lipinski definition) is 1. The molecular formula is C17H23N3O2. The zero-order chi connectivity index (χ0) is 15.4. The molecule has 0 bridgehead atoms. The molecule has 1 atom stereocenters. The SMILES string of the molecule is O=C1CCCN1CC(=O)N1CCCC(Nc2ccccc2)C1. The number of benzene rings is 1. The maximum atomic E-state index is 12.4. The van der Waals surface area contributed by atoms with Gasteiger partial charge in [-0.05, 0) is 31.4 Å². The highest BCUT2D eigenvalue weighted by Gasteiger charge is 2.28. The quantitative estimate of drug-likeness (QED) is 0.921. The van der Waals surface area contributed by atoms with Gasteiger partial charge in [0.1, 0.15) is 0 Å². The predicted octanol–water partition coefficient (Wildman–Crippen LogP) is 1.71. The zero-order valence-electron chi connectivity index (χ0n) is 12.8. The second kappa shape index (κ2) is 6.81. The van der Waals surface area contributed by atoms with Gasteiger partial charge in [-0.25, -0.2) is 0 Å². The Morgan fingerprint density at radius 2 is 2.00 bits per heavy atom. The van der Waals surface area contributed by atoms with E-state index in [0.717, 1.165) is 44.6 Å². The molecule has 118 valence electrons. The average Bonchev–Trinajstić information content (AvgIpc) is 2.94. The van der Waals surface area contributed by atoms with Crippen LogP contribution in [0, 0.1) is 0 Å². The van der Waals surface area contributed by atoms with Crippen LogP contribution in [0.15, 0.2) is 30.3 Å². The van der Waals surface area contributed by atoms with E-state index in [4.69, 9.17) is 0 Å². The highest BCUT2D eigenvalue weighted by atomic mass is 16.2. The molecule has 1 aromatic rings. The van der Waals surface area contributed by atoms with E-state index in [1.54, 1.807) is 4.90 Å². The first-order chi connectivity index (χ1) is 10.7. The number of likely N-dealkylation sites (tertiary alicyclic amines) is 2. The summed E-state index contributed by atoms with van der Waals surface area (Å²) in [4.78, 5) is 27.6. The second-order valence-electron chi connectivity index (χ2n) is 6.11. The highest BCUT2D eigenvalue weighted by Crippen LogP contribution is 2.17. The van der Waals surface area contributed by atoms with Crippen LogP contribution in [0.2, 0.25) is 0 Å². The molecule has 2 saturated heterocycles. The van der Waals surface area contributed by atoms with Gasteiger partial charge in [0.15, 0.2) is 0 Å². The van der Waals surface area contributed by atoms with E-state index in [1.165, 1.54) is 0 Å². The fourth-order valence-electron chi connectivity index (χ4n) is 3.23. The lowest BCUT2D eigenvalue weighted by Gasteiger charge is -2.34. The molecule has 0 aliphatic carbocycles. The molecule has 1 aromatic carbocycles. The number of rotatable bonds is 4. The fourth-order valence-corrected chi connectivity index (χ4v) is 3.23. The Balaban J connectivity index is 1.53. The van der Waals surface area contributed by atoms with Gasteiger partial charge in [-0.1, -0.05) is 18.2 Å². The topological polar surface area (TPSA) is 52.7 Å². The highest BCUT2D eigenvalue weighted by molar-refractivity contribution is 5.86. The van der Waals surface area contributed by atoms with Gasteiger partial charge in [-0.2, -0.15) is 0 Å². The van der Waals surface area contributed by atoms with Crippen LogP contribution < -0.4 is 5.32 Å². The van der Waals surface area contributed by atoms with Gasteiger partial charge in [0, 0.05) is 37.8 Å². The number of piperidine rings is 1. The molecule has 0 radical (unpaired) electrons. The standard InChI is InChI=1S/C17H23N3O2/c21-16-9-5-11-20(16)13-17(22)19-10-4-8-15(12-19)18-14-6-2-1-3-7-14/h1-3,6-7,15,18H,4-5,8-13H2. The van der Waals surface area contributed by atoms with Crippen LogP contribution in [0.25, 0.3) is 0 Å². The predicted molar refractivity (Wildman–Crippen MR) is 85.5 cm³/mol. The lowest BCUT2D eigenvalue weighted by Crippen LogP contribution is -2.48. The van der Waals surface area contributed by atoms with Gasteiger partial charge < -0.3 is 15.1 Å². The van der Waals surface area contributed by atoms with E-state index in [2.05, 4.69) is 5.32 Å². The van der Waals surface area contributed by atoms with Crippen molar-refractivity contribution in [3.63, 3.8) is 0 Å². The number of nitrogens with zero attached hydrogens (tertiary/aromatic N) is 2. The molecule has 1 unspecified atom stereocenters. The molecule has 2 aliphatic rings. The lowest BCUT2D eigenvalue weighted by atomic mass is 10.1. The number of carbonyl (C=O) groups excluding carboxylic acids is 2. The molecular weight excluding hydrogens is 278 g/mol. The Morgan fingerprint density at radius 1 is 1.18 bits per heavy atom. The molecule has 2 amide bonds. The molecule has 0 aromatic heterocycles. The Kier molecular flexibility index (Phi) is 4.61. The van der Waals surface area contributed by atoms with E-state index in [1.807, 2.05) is 35.2 Å². The summed E-state index contributed by atoms with van der Waals surface area (Å²) in [5.74, 6) is 0.194. The van der Waals surface area contributed by atoms with E-state index in [0.29, 0.717) is 6.42 Å². The summed E-state index contributed by atoms with van der Waals surface area (Å²) in [5, 5.41) is 3.49. The van der Waals surface area contributed by atoms with E-state index >= 15 is 0 Å². The van der Waals surface area contributed by atoms with Crippen molar-refractivity contribution in [2.75, 3.05) is 31.5 Å². The summed E-state index contributed by atoms with van der Waals surface area (Å²) in [6.45, 7) is 2.49. The van der Waals surface area contributed by atoms with Crippen LogP contribution in [-0.4, -0.2) is 53.8 Å². The summed E-state index contributed by atoms with van der Waals surface area (Å²) < 4.78 is 0. The average molecular weight is 301 g/mol. The van der Waals surface area contributed by atoms with Gasteiger partial charge >= 0.3 is 0 Å². The third-order valence-electron chi connectivity index (χ3n) is 4.42. The number of amides is 2. The molecule has 2 heterocycles. The summed E-state index contributed by atoms with van der Waals surface area (Å²) in [7, 11) is 0. The van der Waals surface area contributed by atoms with Crippen molar-refractivity contribution in [1.29, 1.82) is 0 Å². The second-order valence-corrected chi connectivity index (χ2v) is 6.11. The van der Waals surface area contributed by atoms with Gasteiger partial charge in [0.25, 0.3) is 0 Å². The third kappa shape index (κ3) is 3.59. The Bertz CT molecular complexity index is 532. The molecule has 0 saturated carbocycles. The zero-order valence-corrected chi connectivity index (χ0v) is 12.8. The Morgan fingerprint density at radius 3 is 2.73 bits per heavy atom. The molecule has 5 nitrogen and oxygen atoms in total. The smallest absolute Gasteiger partial charge is 0.242 e. The van der Waals surface area contributed by atoms with Crippen molar-refractivity contribution in [1.82, 2.24) is 9.80 Å². The first-order valence-corrected chi connectivity index (χ1v) is 8.09. The summed E-state index contributed by atoms with van der Waals surface area (Å²) in [5.41, 5.74) is 1.09. The maximum Gasteiger partial charge on any atom is 0.242 e. The van der Waals surface area contributed by atoms with E-state index in [9.17, 15) is 9.59 Å². The number of para-hydroxylation sites is 1. The number of carbonyl (C=O) groups is 2. The third-order valence-corrected chi connectivity index (χ3v) is 4.42. The first-order valence-electron chi connectivity index (χ1n) is 8.09. The molecule has 22 heavy (non-hydrogen) atoms. The summed E-state index contributed by atoms with van der Waals surface area (Å²) in [6.07, 6.45) is 3.54. The summed E-state index contributed by atoms with van der Waals surface area (Å²) >= 11 is 0. The van der Waals surface area contributed by atoms with Crippen LogP contribution in [-0.2, 0) is 9.59 Å². The van der Waals surface area contributed by atoms with Crippen molar-refractivity contribution < 1.29 is 9.59 Å². The minimum absolute atomic E-state index is 0.0785. The molecule has 1 N–H and O–H groups in total. The Hall–Kier alpha value is -2.04. The van der Waals surface area contributed by atoms with Gasteiger partial charge in [-0.15, -0.1) is 0 Å². The van der Waals surface area contributed by atoms with Crippen LogP contribution in [0.1, 0.15) is 25.7 Å². The van der Waals surface area contributed by atoms with Gasteiger partial charge in [-0.3, -0.25) is 9.59 Å². The number of hydrogen-bond acceptors (Lipinski definition) is 3. The van der Waals surface area contributed by atoms with Crippen LogP contribution in [0.5, 0.6) is 0 Å². The Labute approximate surface area is 131 Å². The molecule has 2 fully saturated rings. The normalized spacial score (nSPS) is 22.0. The minimum atomic E-state index is 0.0785. The first kappa shape index (κ1) is 14.9. The number of nitrogens with one attached hydrogen (secondary N) is 1. The monoisotopic (exact) mass is 301 g/mol. The molecule has 5 heteroatoms. The van der Waals surface area contributed by atoms with Gasteiger partial charge in [0.2, 0.25) is 11.8 Å². The van der Waals surface area contributed by atoms with Crippen molar-refractivity contribution in [3.8, 4) is 0 Å². The molecule has 0 spiro atoms. The molecule has 3 rings (SSSR count). The van der Waals surface area contributed by atoms with Crippen LogP contribution in [0.4, 0.5) is 5.69 Å². The van der Waals surface area contributed by atoms with Crippen LogP contribution >= 0.6 is 0 Å². The summed E-state index contributed by atoms with van der Waals surface area (Å²) in [6, 6.07) is 10.4. The minimum Gasteiger partial charge on any atom is -0.381 e. The maximum absolute atomic E-state index is 12.4. The lowest BCUT2D eigenvalue weighted by molar-refractivity contribution is -0.139. The fraction of sp³-hybridized carbons (Fsp3) is 0.529. The largest absolute Gasteiger partial charge is 0.381 e. The van der Waals surface area contributed by atoms with Crippen molar-refractivity contribution in [2.24, 2.45) is 0 Å². The van der Waals surface area contributed by atoms with Gasteiger partial charge in [0.05, 0.1) is 6.54 Å². The molecule has 2 aliphatic heterocycles. The van der Waals surface area contributed by atoms with E-state index < -0.39 is 0 Å². The van der Waals surface area contributed by atoms with Crippen molar-refractivity contribution in [2.45, 2.75) is 31.7 Å². The van der Waals surface area contributed by atoms with Crippen molar-refractivity contribution >= 4 is 17.5 Å². The number of anilines is 1. The van der Waals surface area contributed by atoms with Crippen molar-refractivity contribution in [3.05, 3.63) is 30.3 Å².